The van der Waals surface area contributed by atoms with Crippen LogP contribution in [0, 0.1) is 17.3 Å². The van der Waals surface area contributed by atoms with E-state index in [1.807, 2.05) is 25.7 Å². The van der Waals surface area contributed by atoms with Crippen LogP contribution in [0.4, 0.5) is 10.6 Å². The second-order valence-electron chi connectivity index (χ2n) is 16.8. The first kappa shape index (κ1) is 33.1. The smallest absolute Gasteiger partial charge is 0.415 e. The lowest BCUT2D eigenvalue weighted by Gasteiger charge is -2.64. The SMILES string of the molecule is CC(C)C1CC=C(c2cccc(N(C)C3CC4(CC4)C3)n2)N(C(=O)OC(C)(C)C)C1C1O[Si](c2ccccc2)(c2ccccc2)C1(C)C. The number of benzene rings is 2. The molecule has 0 N–H and O–H groups in total. The van der Waals surface area contributed by atoms with E-state index in [2.05, 4.69) is 125 Å². The van der Waals surface area contributed by atoms with E-state index in [-0.39, 0.29) is 29.2 Å². The van der Waals surface area contributed by atoms with E-state index in [1.54, 1.807) is 0 Å². The van der Waals surface area contributed by atoms with Gasteiger partial charge in [0.1, 0.15) is 11.4 Å². The average Bonchev–Trinajstić information content (AvgIpc) is 3.85. The molecule has 3 aromatic rings. The largest absolute Gasteiger partial charge is 0.443 e. The molecule has 0 bridgehead atoms. The highest BCUT2D eigenvalue weighted by molar-refractivity contribution is 7.01. The molecule has 1 amide bonds. The third-order valence-corrected chi connectivity index (χ3v) is 16.8. The first-order valence-electron chi connectivity index (χ1n) is 18.0. The van der Waals surface area contributed by atoms with Gasteiger partial charge < -0.3 is 14.1 Å². The van der Waals surface area contributed by atoms with Crippen molar-refractivity contribution in [2.75, 3.05) is 11.9 Å². The van der Waals surface area contributed by atoms with Crippen LogP contribution in [0.3, 0.4) is 0 Å². The summed E-state index contributed by atoms with van der Waals surface area (Å²) in [6.45, 7) is 15.1. The third kappa shape index (κ3) is 5.51. The predicted molar refractivity (Wildman–Crippen MR) is 197 cm³/mol. The van der Waals surface area contributed by atoms with E-state index in [0.29, 0.717) is 17.4 Å². The van der Waals surface area contributed by atoms with Gasteiger partial charge in [0, 0.05) is 18.1 Å². The number of allylic oxidation sites excluding steroid dienone is 1. The molecule has 4 aliphatic rings. The molecule has 3 fully saturated rings. The number of hydrogen-bond donors (Lipinski definition) is 0. The zero-order valence-electron chi connectivity index (χ0n) is 30.1. The topological polar surface area (TPSA) is 54.9 Å². The lowest BCUT2D eigenvalue weighted by molar-refractivity contribution is -0.0433. The molecular formula is C41H53N3O3Si. The van der Waals surface area contributed by atoms with Crippen molar-refractivity contribution in [1.82, 2.24) is 9.88 Å². The molecule has 1 spiro atoms. The van der Waals surface area contributed by atoms with E-state index < -0.39 is 13.9 Å². The minimum absolute atomic E-state index is 0.180. The van der Waals surface area contributed by atoms with Crippen LogP contribution in [0.25, 0.3) is 5.70 Å². The molecule has 7 rings (SSSR count). The second-order valence-corrected chi connectivity index (χ2v) is 20.8. The highest BCUT2D eigenvalue weighted by atomic mass is 28.4. The monoisotopic (exact) mass is 663 g/mol. The van der Waals surface area contributed by atoms with Gasteiger partial charge in [-0.25, -0.2) is 9.78 Å². The fraction of sp³-hybridized carbons (Fsp3) is 0.512. The first-order valence-corrected chi connectivity index (χ1v) is 19.9. The van der Waals surface area contributed by atoms with Crippen molar-refractivity contribution >= 4 is 36.3 Å². The molecule has 6 nitrogen and oxygen atoms in total. The Balaban J connectivity index is 1.30. The Labute approximate surface area is 288 Å². The minimum atomic E-state index is -2.71. The fourth-order valence-corrected chi connectivity index (χ4v) is 13.9. The zero-order chi connectivity index (χ0) is 34.1. The van der Waals surface area contributed by atoms with Gasteiger partial charge >= 0.3 is 6.09 Å². The summed E-state index contributed by atoms with van der Waals surface area (Å²) >= 11 is 0. The zero-order valence-corrected chi connectivity index (χ0v) is 31.1. The van der Waals surface area contributed by atoms with Crippen molar-refractivity contribution in [1.29, 1.82) is 0 Å². The van der Waals surface area contributed by atoms with Crippen LogP contribution in [-0.2, 0) is 9.16 Å². The van der Waals surface area contributed by atoms with Crippen LogP contribution < -0.4 is 15.3 Å². The van der Waals surface area contributed by atoms with Crippen LogP contribution in [0.2, 0.25) is 5.04 Å². The summed E-state index contributed by atoms with van der Waals surface area (Å²) in [6.07, 6.45) is 7.78. The first-order chi connectivity index (χ1) is 22.8. The summed E-state index contributed by atoms with van der Waals surface area (Å²) in [4.78, 5) is 24.1. The summed E-state index contributed by atoms with van der Waals surface area (Å²) in [7, 11) is -0.535. The maximum atomic E-state index is 14.6. The normalized spacial score (nSPS) is 25.6. The molecule has 1 saturated heterocycles. The molecule has 2 aliphatic carbocycles. The number of hydrogen-bond acceptors (Lipinski definition) is 5. The summed E-state index contributed by atoms with van der Waals surface area (Å²) in [5.74, 6) is 1.46. The third-order valence-electron chi connectivity index (χ3n) is 11.8. The number of aromatic nitrogens is 1. The number of rotatable bonds is 7. The minimum Gasteiger partial charge on any atom is -0.443 e. The summed E-state index contributed by atoms with van der Waals surface area (Å²) in [5, 5.41) is 2.28. The molecule has 2 saturated carbocycles. The summed E-state index contributed by atoms with van der Waals surface area (Å²) in [5.41, 5.74) is 1.59. The highest BCUT2D eigenvalue weighted by Gasteiger charge is 2.70. The predicted octanol–water partition coefficient (Wildman–Crippen LogP) is 8.02. The van der Waals surface area contributed by atoms with Gasteiger partial charge in [-0.3, -0.25) is 4.90 Å². The molecular weight excluding hydrogens is 611 g/mol. The van der Waals surface area contributed by atoms with E-state index in [0.717, 1.165) is 23.6 Å². The van der Waals surface area contributed by atoms with Crippen molar-refractivity contribution in [3.63, 3.8) is 0 Å². The Morgan fingerprint density at radius 3 is 2.08 bits per heavy atom. The highest BCUT2D eigenvalue weighted by Crippen LogP contribution is 2.62. The van der Waals surface area contributed by atoms with Gasteiger partial charge in [0.05, 0.1) is 23.5 Å². The molecule has 3 unspecified atom stereocenters. The number of carbonyl (C=O) groups excluding carboxylic acids is 1. The molecule has 3 heterocycles. The quantitative estimate of drug-likeness (QED) is 0.240. The molecule has 0 radical (unpaired) electrons. The van der Waals surface area contributed by atoms with Gasteiger partial charge in [-0.2, -0.15) is 0 Å². The second kappa shape index (κ2) is 11.9. The number of amides is 1. The van der Waals surface area contributed by atoms with Crippen molar-refractivity contribution in [3.05, 3.63) is 90.6 Å². The molecule has 2 aliphatic heterocycles. The lowest BCUT2D eigenvalue weighted by Crippen LogP contribution is -2.82. The fourth-order valence-electron chi connectivity index (χ4n) is 8.89. The van der Waals surface area contributed by atoms with E-state index in [4.69, 9.17) is 14.1 Å². The molecule has 48 heavy (non-hydrogen) atoms. The van der Waals surface area contributed by atoms with Gasteiger partial charge in [0.15, 0.2) is 0 Å². The summed E-state index contributed by atoms with van der Waals surface area (Å²) in [6, 6.07) is 28.1. The Hall–Kier alpha value is -3.42. The number of ether oxygens (including phenoxy) is 1. The molecule has 1 aromatic heterocycles. The van der Waals surface area contributed by atoms with Crippen LogP contribution in [-0.4, -0.2) is 55.1 Å². The van der Waals surface area contributed by atoms with Crippen molar-refractivity contribution in [3.8, 4) is 0 Å². The Morgan fingerprint density at radius 2 is 1.56 bits per heavy atom. The van der Waals surface area contributed by atoms with E-state index >= 15 is 0 Å². The van der Waals surface area contributed by atoms with Crippen molar-refractivity contribution in [2.45, 2.75) is 109 Å². The van der Waals surface area contributed by atoms with Gasteiger partial charge in [0.2, 0.25) is 0 Å². The molecule has 3 atom stereocenters. The van der Waals surface area contributed by atoms with E-state index in [1.165, 1.54) is 36.1 Å². The maximum absolute atomic E-state index is 14.6. The molecule has 254 valence electrons. The number of nitrogens with zero attached hydrogens (tertiary/aromatic N) is 3. The van der Waals surface area contributed by atoms with Crippen LogP contribution in [0.1, 0.15) is 86.3 Å². The van der Waals surface area contributed by atoms with Crippen LogP contribution in [0.15, 0.2) is 84.9 Å². The van der Waals surface area contributed by atoms with Crippen molar-refractivity contribution < 1.29 is 14.0 Å². The average molecular weight is 664 g/mol. The van der Waals surface area contributed by atoms with Gasteiger partial charge in [-0.05, 0) is 92.6 Å². The number of pyridine rings is 1. The van der Waals surface area contributed by atoms with Gasteiger partial charge in [0.25, 0.3) is 8.32 Å². The Bertz CT molecular complexity index is 1630. The standard InChI is InChI=1S/C41H53N3O3Si/c1-28(2)32-22-23-34(33-20-15-21-35(42-33)43(8)29-26-41(27-29)24-25-41)44(38(45)46-39(3,4)5)36(32)37-40(6,7)48(47-37,30-16-11-9-12-17-30)31-18-13-10-14-19-31/h9-21,23,28-29,32,36-37H,22,24-27H2,1-8H3. The number of carbonyl (C=O) groups is 1. The van der Waals surface area contributed by atoms with E-state index in [9.17, 15) is 4.79 Å². The lowest BCUT2D eigenvalue weighted by atomic mass is 9.76. The van der Waals surface area contributed by atoms with Crippen LogP contribution in [0.5, 0.6) is 0 Å². The molecule has 7 heteroatoms. The maximum Gasteiger partial charge on any atom is 0.415 e. The van der Waals surface area contributed by atoms with Gasteiger partial charge in [-0.1, -0.05) is 101 Å². The molecule has 2 aromatic carbocycles. The van der Waals surface area contributed by atoms with Gasteiger partial charge in [-0.15, -0.1) is 0 Å². The van der Waals surface area contributed by atoms with Crippen LogP contribution >= 0.6 is 0 Å². The Morgan fingerprint density at radius 1 is 0.958 bits per heavy atom. The Kier molecular flexibility index (Phi) is 8.18. The summed E-state index contributed by atoms with van der Waals surface area (Å²) < 4.78 is 13.7. The van der Waals surface area contributed by atoms with Crippen molar-refractivity contribution in [2.24, 2.45) is 17.3 Å². The number of anilines is 1.